The molecule has 23 rings (SSSR count). The van der Waals surface area contributed by atoms with Crippen LogP contribution in [0.3, 0.4) is 0 Å². The van der Waals surface area contributed by atoms with Gasteiger partial charge in [0.15, 0.2) is 47.1 Å². The highest BCUT2D eigenvalue weighted by Crippen LogP contribution is 2.47. The van der Waals surface area contributed by atoms with Crippen LogP contribution in [0.25, 0.3) is 178 Å². The lowest BCUT2D eigenvalue weighted by molar-refractivity contribution is -0.660. The second kappa shape index (κ2) is 35.3. The third-order valence-electron chi connectivity index (χ3n) is 27.8. The first-order valence-corrected chi connectivity index (χ1v) is 46.3. The summed E-state index contributed by atoms with van der Waals surface area (Å²) in [5.41, 5.74) is 35.8. The van der Waals surface area contributed by atoms with Crippen LogP contribution in [-0.2, 0) is 28.2 Å². The zero-order valence-electron chi connectivity index (χ0n) is 82.4. The number of nitrogens with zero attached hydrogens (tertiary/aromatic N) is 8. The van der Waals surface area contributed by atoms with Crippen LogP contribution >= 0.6 is 0 Å². The van der Waals surface area contributed by atoms with E-state index in [0.717, 1.165) is 150 Å². The van der Waals surface area contributed by atoms with Gasteiger partial charge in [-0.05, 0) is 256 Å². The molecule has 12 nitrogen and oxygen atoms in total. The van der Waals surface area contributed by atoms with Crippen molar-refractivity contribution in [1.82, 2.24) is 19.9 Å². The molecule has 12 aromatic heterocycles. The fourth-order valence-electron chi connectivity index (χ4n) is 20.7. The Morgan fingerprint density at radius 2 is 0.631 bits per heavy atom. The molecule has 20 aromatic rings. The third kappa shape index (κ3) is 16.1. The second-order valence-electron chi connectivity index (χ2n) is 36.8. The smallest absolute Gasteiger partial charge is 0.227 e. The molecule has 0 unspecified atom stereocenters. The highest BCUT2D eigenvalue weighted by molar-refractivity contribution is 6.13. The Hall–Kier alpha value is -13.8. The quantitative estimate of drug-likeness (QED) is 0.111. The number of fused-ring (bicyclic) bond motifs is 12. The molecule has 3 fully saturated rings. The third-order valence-corrected chi connectivity index (χ3v) is 27.8. The van der Waals surface area contributed by atoms with Crippen molar-refractivity contribution in [2.24, 2.45) is 28.2 Å². The number of aromatic nitrogens is 8. The molecule has 0 amide bonds. The zero-order valence-corrected chi connectivity index (χ0v) is 76.4. The van der Waals surface area contributed by atoms with Crippen LogP contribution in [-0.4, -0.2) is 19.9 Å². The standard InChI is InChI=1S/3C30H29N2O.C28H27N2O/c1-19-10-16-25-26-17-11-20(2)31-30(26)33-29(25)27(19)28-24(9-6-18-32(28)3)23-14-12-22(13-15-23)21-7-4-5-8-21;1-19-8-15-25-26-16-9-20(2)31-30(26)33-29(25)28(19)27-17-14-24(18-32(27)3)23-12-10-22(11-13-23)21-6-4-5-7-21;1-19-8-14-25-26-15-9-20(2)31-30(26)33-29(25)28(19)27-18-24(16-17-32(27)3)23-12-10-22(11-13-23)21-6-4-5-7-21;1-17(2)20-10-12-21(13-11-20)22-7-6-16-30(5)26(22)25-18(3)8-14-23-24-15-9-19(4)29-28(24)31-27(23)25/h6,9-18,21H,4-5,7-8H2,1-3H3;2*8-18,21H,4-7H2,1-3H3;6-17H,1-5H3/q4*+1/i2D3;;2D3;. The van der Waals surface area contributed by atoms with Crippen LogP contribution in [0.2, 0.25) is 0 Å². The minimum absolute atomic E-state index is 0.0423. The lowest BCUT2D eigenvalue weighted by Crippen LogP contribution is -2.31. The molecule has 0 atom stereocenters. The predicted octanol–water partition coefficient (Wildman–Crippen LogP) is 29.1. The average molecular weight is 1710 g/mol. The first-order valence-electron chi connectivity index (χ1n) is 49.3. The van der Waals surface area contributed by atoms with Gasteiger partial charge < -0.3 is 17.7 Å². The molecule has 3 saturated carbocycles. The molecule has 646 valence electrons. The van der Waals surface area contributed by atoms with Crippen molar-refractivity contribution in [3.63, 3.8) is 0 Å². The Morgan fingerprint density at radius 1 is 0.300 bits per heavy atom. The molecule has 8 aromatic carbocycles. The van der Waals surface area contributed by atoms with E-state index in [1.807, 2.05) is 51.2 Å². The Morgan fingerprint density at radius 3 is 1.02 bits per heavy atom. The van der Waals surface area contributed by atoms with Crippen LogP contribution in [0.5, 0.6) is 0 Å². The summed E-state index contributed by atoms with van der Waals surface area (Å²) in [6.45, 7) is 12.3. The van der Waals surface area contributed by atoms with Crippen molar-refractivity contribution in [2.45, 2.75) is 170 Å². The van der Waals surface area contributed by atoms with E-state index in [4.69, 9.17) is 25.9 Å². The summed E-state index contributed by atoms with van der Waals surface area (Å²) in [5.74, 6) is 2.66. The van der Waals surface area contributed by atoms with Gasteiger partial charge in [0.25, 0.3) is 0 Å². The lowest BCUT2D eigenvalue weighted by Gasteiger charge is -2.13. The topological polar surface area (TPSA) is 120 Å². The molecule has 3 aliphatic carbocycles. The molecule has 130 heavy (non-hydrogen) atoms. The number of furan rings is 4. The van der Waals surface area contributed by atoms with Crippen LogP contribution in [0.4, 0.5) is 0 Å². The molecule has 0 saturated heterocycles. The van der Waals surface area contributed by atoms with E-state index in [1.54, 1.807) is 18.2 Å². The molecular formula is C118H114N8O4+4. The summed E-state index contributed by atoms with van der Waals surface area (Å²) in [5, 5.41) is 7.85. The molecule has 0 spiro atoms. The summed E-state index contributed by atoms with van der Waals surface area (Å²) in [6, 6.07) is 85.6. The van der Waals surface area contributed by atoms with Crippen molar-refractivity contribution in [3.8, 4) is 89.5 Å². The predicted molar refractivity (Wildman–Crippen MR) is 530 cm³/mol. The minimum Gasteiger partial charge on any atom is -0.437 e. The van der Waals surface area contributed by atoms with Gasteiger partial charge in [-0.15, -0.1) is 0 Å². The zero-order chi connectivity index (χ0) is 94.3. The normalized spacial score (nSPS) is 14.7. The van der Waals surface area contributed by atoms with Gasteiger partial charge in [0, 0.05) is 110 Å². The molecule has 0 aliphatic heterocycles. The van der Waals surface area contributed by atoms with Crippen molar-refractivity contribution >= 4 is 88.3 Å². The Kier molecular flexibility index (Phi) is 21.0. The van der Waals surface area contributed by atoms with Gasteiger partial charge >= 0.3 is 0 Å². The van der Waals surface area contributed by atoms with E-state index in [9.17, 15) is 0 Å². The van der Waals surface area contributed by atoms with Gasteiger partial charge in [0.1, 0.15) is 28.2 Å². The van der Waals surface area contributed by atoms with Gasteiger partial charge in [0.05, 0.1) is 33.4 Å². The van der Waals surface area contributed by atoms with Crippen LogP contribution < -0.4 is 18.3 Å². The SMILES string of the molecule is Cc1ccc2c(n1)oc1c(-c3c(-c4ccc(C(C)C)cc4)ccc[n+]3C)c(C)ccc12.Cc1ccc2c(n1)oc1c(-c3ccc(-c4ccc(C5CCCC5)cc4)c[n+]3C)c(C)ccc12.[2H]C([2H])([2H])c1ccc2c(n1)oc1c(-c3c(-c4ccc(C5CCCC5)cc4)ccc[n+]3C)c(C)ccc12.[2H]C([2H])([2H])c1ccc2c(n1)oc1c(-c3cc(-c4ccc(C5CCCC5)cc4)cc[n+]3C)c(C)ccc12. The number of hydrogen-bond donors (Lipinski definition) is 0. The number of aryl methyl sites for hydroxylation is 12. The highest BCUT2D eigenvalue weighted by Gasteiger charge is 2.31. The van der Waals surface area contributed by atoms with Crippen LogP contribution in [0.15, 0.2) is 285 Å². The van der Waals surface area contributed by atoms with Gasteiger partial charge in [-0.3, -0.25) is 0 Å². The Balaban J connectivity index is 0.000000112. The van der Waals surface area contributed by atoms with E-state index in [1.165, 1.54) is 144 Å². The maximum absolute atomic E-state index is 7.74. The lowest BCUT2D eigenvalue weighted by atomic mass is 9.92. The first-order chi connectivity index (χ1) is 65.6. The summed E-state index contributed by atoms with van der Waals surface area (Å²) in [7, 11) is 8.31. The van der Waals surface area contributed by atoms with Crippen LogP contribution in [0, 0.1) is 55.2 Å². The number of rotatable bonds is 12. The minimum atomic E-state index is -2.28. The maximum Gasteiger partial charge on any atom is 0.227 e. The van der Waals surface area contributed by atoms with Crippen molar-refractivity contribution in [1.29, 1.82) is 0 Å². The number of pyridine rings is 8. The second-order valence-corrected chi connectivity index (χ2v) is 36.8. The van der Waals surface area contributed by atoms with Crippen molar-refractivity contribution < 1.29 is 44.2 Å². The molecular weight excluding hydrogens is 1590 g/mol. The molecule has 0 N–H and O–H groups in total. The number of hydrogen-bond acceptors (Lipinski definition) is 8. The van der Waals surface area contributed by atoms with E-state index < -0.39 is 13.7 Å². The largest absolute Gasteiger partial charge is 0.437 e. The number of benzene rings is 8. The highest BCUT2D eigenvalue weighted by atomic mass is 16.4. The van der Waals surface area contributed by atoms with Crippen molar-refractivity contribution in [2.75, 3.05) is 0 Å². The Labute approximate surface area is 770 Å². The van der Waals surface area contributed by atoms with E-state index in [2.05, 4.69) is 320 Å². The molecule has 12 heterocycles. The Bertz CT molecular complexity index is 7980. The van der Waals surface area contributed by atoms with Crippen LogP contribution in [0.1, 0.15) is 190 Å². The first kappa shape index (κ1) is 77.3. The molecule has 0 bridgehead atoms. The summed E-state index contributed by atoms with van der Waals surface area (Å²) in [4.78, 5) is 18.0. The fourth-order valence-corrected chi connectivity index (χ4v) is 20.7. The molecule has 12 heteroatoms. The van der Waals surface area contributed by atoms with Gasteiger partial charge in [-0.2, -0.15) is 0 Å². The van der Waals surface area contributed by atoms with Crippen molar-refractivity contribution in [3.05, 3.63) is 335 Å². The monoisotopic (exact) mass is 1710 g/mol. The van der Waals surface area contributed by atoms with E-state index >= 15 is 0 Å². The summed E-state index contributed by atoms with van der Waals surface area (Å²) >= 11 is 0. The summed E-state index contributed by atoms with van der Waals surface area (Å²) in [6.07, 6.45) is 24.4. The van der Waals surface area contributed by atoms with E-state index in [-0.39, 0.29) is 11.4 Å². The average Bonchev–Trinajstić information content (AvgIpc) is 1.57. The maximum atomic E-state index is 7.74. The van der Waals surface area contributed by atoms with Gasteiger partial charge in [-0.25, -0.2) is 38.2 Å². The molecule has 3 aliphatic rings. The van der Waals surface area contributed by atoms with E-state index in [0.29, 0.717) is 40.6 Å². The molecule has 0 radical (unpaired) electrons. The van der Waals surface area contributed by atoms with Gasteiger partial charge in [0.2, 0.25) is 45.6 Å². The van der Waals surface area contributed by atoms with Gasteiger partial charge in [-0.1, -0.05) is 198 Å². The summed E-state index contributed by atoms with van der Waals surface area (Å²) < 4.78 is 80.3. The fraction of sp³-hybridized carbons (Fsp3) is 0.254.